The zero-order valence-corrected chi connectivity index (χ0v) is 15.0. The fraction of sp³-hybridized carbons (Fsp3) is 0.667. The highest BCUT2D eigenvalue weighted by molar-refractivity contribution is 5.95. The van der Waals surface area contributed by atoms with Gasteiger partial charge < -0.3 is 20.0 Å². The van der Waals surface area contributed by atoms with Crippen LogP contribution in [0.1, 0.15) is 61.1 Å². The molecule has 0 atom stereocenters. The lowest BCUT2D eigenvalue weighted by molar-refractivity contribution is -0.153. The first-order valence-electron chi connectivity index (χ1n) is 9.35. The number of alkyl halides is 3. The van der Waals surface area contributed by atoms with E-state index >= 15 is 0 Å². The van der Waals surface area contributed by atoms with E-state index in [0.717, 1.165) is 38.0 Å². The number of piperidine rings is 1. The normalized spacial score (nSPS) is 19.7. The summed E-state index contributed by atoms with van der Waals surface area (Å²) in [5.74, 6) is -2.09. The molecule has 2 fully saturated rings. The maximum atomic E-state index is 12.8. The average Bonchev–Trinajstić information content (AvgIpc) is 3.13. The van der Waals surface area contributed by atoms with Gasteiger partial charge in [-0.2, -0.15) is 13.2 Å². The van der Waals surface area contributed by atoms with Gasteiger partial charge in [-0.1, -0.05) is 19.3 Å². The monoisotopic (exact) mass is 387 g/mol. The number of carbonyl (C=O) groups excluding carboxylic acids is 2. The number of halogens is 3. The molecule has 1 saturated heterocycles. The van der Waals surface area contributed by atoms with Crippen molar-refractivity contribution < 1.29 is 27.2 Å². The highest BCUT2D eigenvalue weighted by Crippen LogP contribution is 2.32. The van der Waals surface area contributed by atoms with Crippen LogP contribution in [0.15, 0.2) is 16.7 Å². The van der Waals surface area contributed by atoms with Crippen LogP contribution in [-0.2, 0) is 6.18 Å². The van der Waals surface area contributed by atoms with Gasteiger partial charge in [-0.15, -0.1) is 0 Å². The lowest BCUT2D eigenvalue weighted by Crippen LogP contribution is -2.51. The first kappa shape index (κ1) is 19.6. The Morgan fingerprint density at radius 1 is 1.00 bits per heavy atom. The Bertz CT molecular complexity index is 660. The van der Waals surface area contributed by atoms with E-state index in [4.69, 9.17) is 0 Å². The smallest absolute Gasteiger partial charge is 0.450 e. The molecule has 1 aromatic heterocycles. The van der Waals surface area contributed by atoms with E-state index < -0.39 is 23.4 Å². The number of nitrogens with one attached hydrogen (secondary N) is 2. The molecule has 150 valence electrons. The molecule has 3 rings (SSSR count). The van der Waals surface area contributed by atoms with E-state index in [-0.39, 0.29) is 18.1 Å². The Hall–Kier alpha value is -2.19. The third-order valence-corrected chi connectivity index (χ3v) is 5.22. The van der Waals surface area contributed by atoms with Crippen molar-refractivity contribution in [3.05, 3.63) is 23.7 Å². The van der Waals surface area contributed by atoms with Crippen molar-refractivity contribution in [3.8, 4) is 0 Å². The number of amides is 3. The number of carbonyl (C=O) groups is 2. The Morgan fingerprint density at radius 2 is 1.63 bits per heavy atom. The Balaban J connectivity index is 1.47. The highest BCUT2D eigenvalue weighted by atomic mass is 19.4. The number of nitrogens with zero attached hydrogens (tertiary/aromatic N) is 1. The van der Waals surface area contributed by atoms with Crippen LogP contribution in [0.5, 0.6) is 0 Å². The van der Waals surface area contributed by atoms with E-state index in [1.807, 2.05) is 0 Å². The molecule has 0 radical (unpaired) electrons. The van der Waals surface area contributed by atoms with E-state index in [1.54, 1.807) is 4.90 Å². The van der Waals surface area contributed by atoms with Gasteiger partial charge in [0.05, 0.1) is 11.8 Å². The summed E-state index contributed by atoms with van der Waals surface area (Å²) in [7, 11) is 0. The summed E-state index contributed by atoms with van der Waals surface area (Å²) in [6.45, 7) is 0.919. The van der Waals surface area contributed by atoms with Crippen molar-refractivity contribution in [3.63, 3.8) is 0 Å². The van der Waals surface area contributed by atoms with Gasteiger partial charge in [0.25, 0.3) is 5.91 Å². The van der Waals surface area contributed by atoms with Crippen LogP contribution in [0, 0.1) is 0 Å². The molecule has 0 unspecified atom stereocenters. The van der Waals surface area contributed by atoms with Crippen molar-refractivity contribution in [2.24, 2.45) is 0 Å². The van der Waals surface area contributed by atoms with Gasteiger partial charge in [0.15, 0.2) is 0 Å². The third-order valence-electron chi connectivity index (χ3n) is 5.22. The van der Waals surface area contributed by atoms with E-state index in [2.05, 4.69) is 15.1 Å². The summed E-state index contributed by atoms with van der Waals surface area (Å²) in [4.78, 5) is 26.2. The number of hydrogen-bond acceptors (Lipinski definition) is 3. The lowest BCUT2D eigenvalue weighted by atomic mass is 9.95. The number of rotatable bonds is 3. The van der Waals surface area contributed by atoms with Gasteiger partial charge >= 0.3 is 12.2 Å². The highest BCUT2D eigenvalue weighted by Gasteiger charge is 2.39. The molecule has 6 nitrogen and oxygen atoms in total. The molecular weight excluding hydrogens is 363 g/mol. The predicted octanol–water partition coefficient (Wildman–Crippen LogP) is 3.53. The maximum Gasteiger partial charge on any atom is 0.450 e. The number of hydrogen-bond donors (Lipinski definition) is 2. The fourth-order valence-electron chi connectivity index (χ4n) is 3.71. The predicted molar refractivity (Wildman–Crippen MR) is 91.2 cm³/mol. The second-order valence-corrected chi connectivity index (χ2v) is 7.18. The minimum Gasteiger partial charge on any atom is -0.459 e. The molecule has 27 heavy (non-hydrogen) atoms. The molecule has 0 spiro atoms. The average molecular weight is 387 g/mol. The molecule has 3 amide bonds. The van der Waals surface area contributed by atoms with Crippen molar-refractivity contribution in [2.75, 3.05) is 13.1 Å². The quantitative estimate of drug-likeness (QED) is 0.833. The van der Waals surface area contributed by atoms with E-state index in [0.29, 0.717) is 25.9 Å². The van der Waals surface area contributed by atoms with Crippen LogP contribution in [0.3, 0.4) is 0 Å². The number of likely N-dealkylation sites (tertiary alicyclic amines) is 1. The molecule has 2 N–H and O–H groups in total. The van der Waals surface area contributed by atoms with Crippen molar-refractivity contribution in [2.45, 2.75) is 63.2 Å². The van der Waals surface area contributed by atoms with Gasteiger partial charge in [-0.3, -0.25) is 4.79 Å². The standard InChI is InChI=1S/C18H24F3N3O3/c19-18(20,21)15-14(8-11-27-15)16(25)22-13-6-9-24(10-7-13)17(26)23-12-4-2-1-3-5-12/h8,11-13H,1-7,9-10H2,(H,22,25)(H,23,26). The second kappa shape index (κ2) is 8.22. The largest absolute Gasteiger partial charge is 0.459 e. The summed E-state index contributed by atoms with van der Waals surface area (Å²) in [5.41, 5.74) is -0.514. The van der Waals surface area contributed by atoms with Gasteiger partial charge in [0, 0.05) is 25.2 Å². The van der Waals surface area contributed by atoms with Crippen LogP contribution in [-0.4, -0.2) is 42.0 Å². The Morgan fingerprint density at radius 3 is 2.26 bits per heavy atom. The third kappa shape index (κ3) is 4.95. The van der Waals surface area contributed by atoms with Gasteiger partial charge in [-0.25, -0.2) is 4.79 Å². The minimum absolute atomic E-state index is 0.0964. The zero-order valence-electron chi connectivity index (χ0n) is 15.0. The molecule has 1 aliphatic heterocycles. The van der Waals surface area contributed by atoms with Crippen molar-refractivity contribution in [1.82, 2.24) is 15.5 Å². The summed E-state index contributed by atoms with van der Waals surface area (Å²) in [6, 6.07) is 0.879. The fourth-order valence-corrected chi connectivity index (χ4v) is 3.71. The van der Waals surface area contributed by atoms with Crippen LogP contribution >= 0.6 is 0 Å². The number of furan rings is 1. The second-order valence-electron chi connectivity index (χ2n) is 7.18. The van der Waals surface area contributed by atoms with Gasteiger partial charge in [0.2, 0.25) is 5.76 Å². The number of urea groups is 1. The van der Waals surface area contributed by atoms with Crippen molar-refractivity contribution >= 4 is 11.9 Å². The summed E-state index contributed by atoms with van der Waals surface area (Å²) < 4.78 is 42.9. The van der Waals surface area contributed by atoms with E-state index in [1.165, 1.54) is 6.42 Å². The van der Waals surface area contributed by atoms with Crippen molar-refractivity contribution in [1.29, 1.82) is 0 Å². The summed E-state index contributed by atoms with van der Waals surface area (Å²) >= 11 is 0. The van der Waals surface area contributed by atoms with Gasteiger partial charge in [0.1, 0.15) is 0 Å². The van der Waals surface area contributed by atoms with Crippen LogP contribution in [0.2, 0.25) is 0 Å². The molecule has 2 heterocycles. The first-order chi connectivity index (χ1) is 12.8. The van der Waals surface area contributed by atoms with Gasteiger partial charge in [-0.05, 0) is 31.7 Å². The van der Waals surface area contributed by atoms with Crippen LogP contribution in [0.4, 0.5) is 18.0 Å². The molecule has 1 aliphatic carbocycles. The first-order valence-corrected chi connectivity index (χ1v) is 9.35. The molecule has 1 saturated carbocycles. The van der Waals surface area contributed by atoms with Crippen LogP contribution < -0.4 is 10.6 Å². The minimum atomic E-state index is -4.71. The van der Waals surface area contributed by atoms with E-state index in [9.17, 15) is 22.8 Å². The summed E-state index contributed by atoms with van der Waals surface area (Å²) in [6.07, 6.45) is 2.64. The molecule has 1 aromatic rings. The molecular formula is C18H24F3N3O3. The van der Waals surface area contributed by atoms with Crippen LogP contribution in [0.25, 0.3) is 0 Å². The zero-order chi connectivity index (χ0) is 19.4. The SMILES string of the molecule is O=C(NC1CCN(C(=O)NC2CCCCC2)CC1)c1ccoc1C(F)(F)F. The maximum absolute atomic E-state index is 12.8. The molecule has 2 aliphatic rings. The Labute approximate surface area is 155 Å². The molecule has 0 aromatic carbocycles. The molecule has 9 heteroatoms. The lowest BCUT2D eigenvalue weighted by Gasteiger charge is -2.34. The topological polar surface area (TPSA) is 74.6 Å². The summed E-state index contributed by atoms with van der Waals surface area (Å²) in [5, 5.41) is 5.67. The Kier molecular flexibility index (Phi) is 5.96. The molecule has 0 bridgehead atoms.